The van der Waals surface area contributed by atoms with Crippen LogP contribution in [-0.4, -0.2) is 47.4 Å². The van der Waals surface area contributed by atoms with Crippen LogP contribution >= 0.6 is 11.6 Å². The van der Waals surface area contributed by atoms with E-state index in [2.05, 4.69) is 31.7 Å². The van der Waals surface area contributed by atoms with Crippen LogP contribution in [-0.2, 0) is 10.0 Å². The van der Waals surface area contributed by atoms with Crippen LogP contribution in [0.1, 0.15) is 10.4 Å². The minimum absolute atomic E-state index is 0.0124. The molecule has 1 N–H and O–H groups in total. The monoisotopic (exact) mass is 454 g/mol. The number of rotatable bonds is 7. The molecule has 0 radical (unpaired) electrons. The van der Waals surface area contributed by atoms with E-state index in [9.17, 15) is 13.2 Å². The molecule has 156 valence electrons. The number of nitrogens with one attached hydrogen (secondary N) is 1. The molecule has 0 aliphatic carbocycles. The van der Waals surface area contributed by atoms with E-state index in [1.54, 1.807) is 30.5 Å². The zero-order valence-electron chi connectivity index (χ0n) is 15.9. The van der Waals surface area contributed by atoms with Gasteiger partial charge in [0.2, 0.25) is 5.65 Å². The summed E-state index contributed by atoms with van der Waals surface area (Å²) in [6, 6.07) is 13.7. The van der Waals surface area contributed by atoms with Crippen molar-refractivity contribution < 1.29 is 13.2 Å². The van der Waals surface area contributed by atoms with E-state index in [0.717, 1.165) is 0 Å². The molecule has 0 unspecified atom stereocenters. The predicted octanol–water partition coefficient (Wildman–Crippen LogP) is 3.15. The van der Waals surface area contributed by atoms with Gasteiger partial charge in [0.1, 0.15) is 12.1 Å². The number of carbonyl (C=O) groups is 1. The molecule has 0 saturated carbocycles. The van der Waals surface area contributed by atoms with Crippen molar-refractivity contribution in [2.24, 2.45) is 4.99 Å². The molecule has 11 heteroatoms. The molecule has 0 amide bonds. The van der Waals surface area contributed by atoms with Crippen molar-refractivity contribution >= 4 is 51.0 Å². The van der Waals surface area contributed by atoms with Crippen molar-refractivity contribution in [1.82, 2.24) is 20.0 Å². The van der Waals surface area contributed by atoms with E-state index in [0.29, 0.717) is 27.4 Å². The molecule has 9 nitrogen and oxygen atoms in total. The van der Waals surface area contributed by atoms with Gasteiger partial charge < -0.3 is 0 Å². The molecule has 0 aliphatic rings. The third-order valence-corrected chi connectivity index (χ3v) is 6.01. The van der Waals surface area contributed by atoms with Crippen molar-refractivity contribution in [2.45, 2.75) is 4.90 Å². The standard InChI is InChI=1S/C20H15ClN6O3S/c1-22-12-19(28)13-4-7-15(8-5-13)31(29,30)25-16-9-6-14(21)11-18(16)27-17-3-2-10-23-20(17)24-26-27/h2-11,25H,1,12H2. The van der Waals surface area contributed by atoms with Gasteiger partial charge in [0.25, 0.3) is 10.0 Å². The van der Waals surface area contributed by atoms with Crippen LogP contribution in [0.5, 0.6) is 0 Å². The van der Waals surface area contributed by atoms with Crippen molar-refractivity contribution in [1.29, 1.82) is 0 Å². The molecular formula is C20H15ClN6O3S. The lowest BCUT2D eigenvalue weighted by Gasteiger charge is -2.13. The van der Waals surface area contributed by atoms with Crippen LogP contribution in [0.25, 0.3) is 16.9 Å². The zero-order valence-corrected chi connectivity index (χ0v) is 17.5. The van der Waals surface area contributed by atoms with Gasteiger partial charge in [-0.2, -0.15) is 0 Å². The second-order valence-corrected chi connectivity index (χ2v) is 8.56. The minimum Gasteiger partial charge on any atom is -0.293 e. The number of pyridine rings is 1. The van der Waals surface area contributed by atoms with Gasteiger partial charge in [-0.3, -0.25) is 14.5 Å². The number of hydrogen-bond acceptors (Lipinski definition) is 7. The summed E-state index contributed by atoms with van der Waals surface area (Å²) in [5, 5.41) is 8.47. The number of carbonyl (C=O) groups excluding carboxylic acids is 1. The van der Waals surface area contributed by atoms with Crippen LogP contribution in [0.2, 0.25) is 5.02 Å². The van der Waals surface area contributed by atoms with Gasteiger partial charge in [-0.1, -0.05) is 16.8 Å². The van der Waals surface area contributed by atoms with Crippen LogP contribution in [0, 0.1) is 0 Å². The number of aromatic nitrogens is 4. The van der Waals surface area contributed by atoms with Crippen molar-refractivity contribution in [3.05, 3.63) is 71.4 Å². The highest BCUT2D eigenvalue weighted by Crippen LogP contribution is 2.28. The maximum atomic E-state index is 13.0. The number of Topliss-reactive ketones (excluding diaryl/α,β-unsaturated/α-hetero) is 1. The molecule has 0 aliphatic heterocycles. The quantitative estimate of drug-likeness (QED) is 0.338. The number of hydrogen-bond donors (Lipinski definition) is 1. The summed E-state index contributed by atoms with van der Waals surface area (Å²) in [7, 11) is -3.97. The van der Waals surface area contributed by atoms with E-state index >= 15 is 0 Å². The number of nitrogens with zero attached hydrogens (tertiary/aromatic N) is 5. The van der Waals surface area contributed by atoms with Gasteiger partial charge in [-0.25, -0.2) is 18.1 Å². The number of fused-ring (bicyclic) bond motifs is 1. The SMILES string of the molecule is C=NCC(=O)c1ccc(S(=O)(=O)Nc2ccc(Cl)cc2-n2nnc3ncccc32)cc1. The summed E-state index contributed by atoms with van der Waals surface area (Å²) in [4.78, 5) is 19.5. The van der Waals surface area contributed by atoms with Crippen LogP contribution in [0.15, 0.2) is 70.7 Å². The van der Waals surface area contributed by atoms with E-state index in [1.165, 1.54) is 35.0 Å². The number of aliphatic imine (C=N–C) groups is 1. The van der Waals surface area contributed by atoms with Gasteiger partial charge in [-0.05, 0) is 61.3 Å². The molecule has 0 saturated heterocycles. The first-order valence-corrected chi connectivity index (χ1v) is 10.8. The first-order valence-electron chi connectivity index (χ1n) is 8.94. The number of ketones is 1. The topological polar surface area (TPSA) is 119 Å². The van der Waals surface area contributed by atoms with Gasteiger partial charge in [0.15, 0.2) is 5.78 Å². The highest BCUT2D eigenvalue weighted by molar-refractivity contribution is 7.92. The minimum atomic E-state index is -3.97. The fraction of sp³-hybridized carbons (Fsp3) is 0.0500. The lowest BCUT2D eigenvalue weighted by atomic mass is 10.1. The van der Waals surface area contributed by atoms with E-state index in [-0.39, 0.29) is 22.9 Å². The lowest BCUT2D eigenvalue weighted by Crippen LogP contribution is -2.15. The Morgan fingerprint density at radius 2 is 1.94 bits per heavy atom. The van der Waals surface area contributed by atoms with Gasteiger partial charge in [0, 0.05) is 16.8 Å². The van der Waals surface area contributed by atoms with Crippen LogP contribution < -0.4 is 4.72 Å². The largest absolute Gasteiger partial charge is 0.293 e. The molecule has 4 rings (SSSR count). The fourth-order valence-electron chi connectivity index (χ4n) is 2.93. The molecule has 31 heavy (non-hydrogen) atoms. The Morgan fingerprint density at radius 3 is 2.68 bits per heavy atom. The maximum Gasteiger partial charge on any atom is 0.261 e. The van der Waals surface area contributed by atoms with Gasteiger partial charge >= 0.3 is 0 Å². The Hall–Kier alpha value is -3.63. The Bertz CT molecular complexity index is 1400. The summed E-state index contributed by atoms with van der Waals surface area (Å²) < 4.78 is 29.9. The average molecular weight is 455 g/mol. The Labute approximate surface area is 182 Å². The summed E-state index contributed by atoms with van der Waals surface area (Å²) in [6.45, 7) is 3.21. The number of anilines is 1. The first kappa shape index (κ1) is 20.6. The van der Waals surface area contributed by atoms with Crippen molar-refractivity contribution in [3.8, 4) is 5.69 Å². The van der Waals surface area contributed by atoms with E-state index in [4.69, 9.17) is 11.6 Å². The molecule has 2 aromatic carbocycles. The molecular weight excluding hydrogens is 440 g/mol. The van der Waals surface area contributed by atoms with E-state index < -0.39 is 10.0 Å². The molecule has 2 heterocycles. The summed E-state index contributed by atoms with van der Waals surface area (Å²) >= 11 is 6.15. The Balaban J connectivity index is 1.71. The van der Waals surface area contributed by atoms with Crippen LogP contribution in [0.4, 0.5) is 5.69 Å². The zero-order chi connectivity index (χ0) is 22.0. The Morgan fingerprint density at radius 1 is 1.16 bits per heavy atom. The molecule has 4 aromatic rings. The lowest BCUT2D eigenvalue weighted by molar-refractivity contribution is 0.100. The second kappa shape index (κ2) is 8.25. The first-order chi connectivity index (χ1) is 14.9. The molecule has 0 fully saturated rings. The average Bonchev–Trinajstić information content (AvgIpc) is 3.19. The second-order valence-electron chi connectivity index (χ2n) is 6.44. The Kier molecular flexibility index (Phi) is 5.49. The highest BCUT2D eigenvalue weighted by Gasteiger charge is 2.19. The molecule has 0 bridgehead atoms. The van der Waals surface area contributed by atoms with Crippen molar-refractivity contribution in [3.63, 3.8) is 0 Å². The highest BCUT2D eigenvalue weighted by atomic mass is 35.5. The predicted molar refractivity (Wildman–Crippen MR) is 118 cm³/mol. The number of benzene rings is 2. The van der Waals surface area contributed by atoms with Gasteiger partial charge in [0.05, 0.1) is 16.3 Å². The normalized spacial score (nSPS) is 11.4. The smallest absolute Gasteiger partial charge is 0.261 e. The summed E-state index contributed by atoms with van der Waals surface area (Å²) in [6.07, 6.45) is 1.59. The fourth-order valence-corrected chi connectivity index (χ4v) is 4.17. The summed E-state index contributed by atoms with van der Waals surface area (Å²) in [5.74, 6) is -0.251. The third-order valence-electron chi connectivity index (χ3n) is 4.40. The van der Waals surface area contributed by atoms with Crippen LogP contribution in [0.3, 0.4) is 0 Å². The number of halogens is 1. The third kappa shape index (κ3) is 4.16. The summed E-state index contributed by atoms with van der Waals surface area (Å²) in [5.41, 5.74) is 1.97. The molecule has 2 aromatic heterocycles. The van der Waals surface area contributed by atoms with Crippen molar-refractivity contribution in [2.75, 3.05) is 11.3 Å². The molecule has 0 atom stereocenters. The van der Waals surface area contributed by atoms with Gasteiger partial charge in [-0.15, -0.1) is 5.10 Å². The van der Waals surface area contributed by atoms with E-state index in [1.807, 2.05) is 0 Å². The number of sulfonamides is 1. The maximum absolute atomic E-state index is 13.0. The molecule has 0 spiro atoms.